The molecule has 0 fully saturated rings. The third kappa shape index (κ3) is 2.24. The molecule has 2 N–H and O–H groups in total. The largest absolute Gasteiger partial charge is 0.404 e. The average molecular weight is 87.9 g/mol. The summed E-state index contributed by atoms with van der Waals surface area (Å²) in [5.74, 6) is 0. The van der Waals surface area contributed by atoms with Crippen molar-refractivity contribution in [1.82, 2.24) is 0 Å². The van der Waals surface area contributed by atoms with Crippen molar-refractivity contribution in [3.05, 3.63) is 0 Å². The van der Waals surface area contributed by atoms with Crippen LogP contribution in [0.4, 0.5) is 0 Å². The van der Waals surface area contributed by atoms with E-state index in [1.807, 2.05) is 0 Å². The van der Waals surface area contributed by atoms with E-state index in [4.69, 9.17) is 10.2 Å². The van der Waals surface area contributed by atoms with Crippen LogP contribution in [0.3, 0.4) is 0 Å². The van der Waals surface area contributed by atoms with E-state index in [0.717, 1.165) is 0 Å². The zero-order valence-electron chi connectivity index (χ0n) is 3.89. The summed E-state index contributed by atoms with van der Waals surface area (Å²) < 4.78 is 0. The Labute approximate surface area is 37.9 Å². The highest BCUT2D eigenvalue weighted by Gasteiger charge is 1.98. The van der Waals surface area contributed by atoms with Gasteiger partial charge in [-0.2, -0.15) is 0 Å². The summed E-state index contributed by atoms with van der Waals surface area (Å²) in [5.41, 5.74) is 0. The maximum absolute atomic E-state index is 8.17. The minimum absolute atomic E-state index is 0.0463. The van der Waals surface area contributed by atoms with Crippen LogP contribution in [0, 0.1) is 0 Å². The third-order valence-corrected chi connectivity index (χ3v) is 0.623. The zero-order valence-corrected chi connectivity index (χ0v) is 3.89. The Balaban J connectivity index is 2.75. The van der Waals surface area contributed by atoms with E-state index in [9.17, 15) is 0 Å². The normalized spacial score (nSPS) is 8.50. The van der Waals surface area contributed by atoms with Gasteiger partial charge >= 0.3 is 0 Å². The van der Waals surface area contributed by atoms with Crippen molar-refractivity contribution in [3.63, 3.8) is 0 Å². The van der Waals surface area contributed by atoms with Crippen molar-refractivity contribution in [2.75, 3.05) is 13.0 Å². The molecule has 0 aromatic rings. The lowest BCUT2D eigenvalue weighted by atomic mass is 9.54. The molecule has 6 heavy (non-hydrogen) atoms. The Hall–Kier alpha value is -0.0151. The molecule has 3 heteroatoms. The monoisotopic (exact) mass is 88.1 g/mol. The standard InChI is InChI=1S/C3H9BO2/c1-4(2-5)3-6/h5-6H,2-3H2,1H3. The number of rotatable bonds is 2. The van der Waals surface area contributed by atoms with Crippen molar-refractivity contribution in [2.45, 2.75) is 6.82 Å². The first-order chi connectivity index (χ1) is 2.81. The van der Waals surface area contributed by atoms with Crippen molar-refractivity contribution >= 4 is 6.71 Å². The molecule has 0 unspecified atom stereocenters. The fourth-order valence-corrected chi connectivity index (χ4v) is 0.0577. The lowest BCUT2D eigenvalue weighted by Crippen LogP contribution is -2.18. The Kier molecular flexibility index (Phi) is 3.18. The van der Waals surface area contributed by atoms with Crippen molar-refractivity contribution in [2.24, 2.45) is 0 Å². The third-order valence-electron chi connectivity index (χ3n) is 0.623. The van der Waals surface area contributed by atoms with Gasteiger partial charge in [-0.15, -0.1) is 0 Å². The molecule has 0 aromatic heterocycles. The molecular weight excluding hydrogens is 78.8 g/mol. The van der Waals surface area contributed by atoms with E-state index in [1.165, 1.54) is 0 Å². The maximum atomic E-state index is 8.17. The van der Waals surface area contributed by atoms with E-state index in [-0.39, 0.29) is 19.7 Å². The molecule has 0 amide bonds. The van der Waals surface area contributed by atoms with Gasteiger partial charge in [0.2, 0.25) is 0 Å². The number of hydrogen-bond acceptors (Lipinski definition) is 2. The van der Waals surface area contributed by atoms with Gasteiger partial charge < -0.3 is 10.2 Å². The fourth-order valence-electron chi connectivity index (χ4n) is 0.0577. The first kappa shape index (κ1) is 5.98. The summed E-state index contributed by atoms with van der Waals surface area (Å²) in [6, 6.07) is 0. The molecule has 0 heterocycles. The summed E-state index contributed by atoms with van der Waals surface area (Å²) in [6.45, 7) is 1.98. The quantitative estimate of drug-likeness (QED) is 0.432. The summed E-state index contributed by atoms with van der Waals surface area (Å²) in [4.78, 5) is 0. The Morgan fingerprint density at radius 2 is 1.67 bits per heavy atom. The molecule has 0 saturated heterocycles. The van der Waals surface area contributed by atoms with Crippen LogP contribution >= 0.6 is 0 Å². The highest BCUT2D eigenvalue weighted by Crippen LogP contribution is 1.71. The summed E-state index contributed by atoms with van der Waals surface area (Å²) in [6.07, 6.45) is 0. The lowest BCUT2D eigenvalue weighted by Gasteiger charge is -1.91. The minimum atomic E-state index is 0.0463. The molecule has 0 aromatic carbocycles. The maximum Gasteiger partial charge on any atom is 0.198 e. The van der Waals surface area contributed by atoms with Gasteiger partial charge in [-0.25, -0.2) is 0 Å². The highest BCUT2D eigenvalue weighted by atomic mass is 16.3. The van der Waals surface area contributed by atoms with E-state index < -0.39 is 0 Å². The minimum Gasteiger partial charge on any atom is -0.404 e. The topological polar surface area (TPSA) is 40.5 Å². The molecular formula is C3H9BO2. The molecule has 2 nitrogen and oxygen atoms in total. The second-order valence-corrected chi connectivity index (χ2v) is 1.47. The van der Waals surface area contributed by atoms with Crippen LogP contribution in [-0.4, -0.2) is 29.9 Å². The Bertz CT molecular complexity index is 28.0. The van der Waals surface area contributed by atoms with Gasteiger partial charge in [0.05, 0.1) is 0 Å². The summed E-state index contributed by atoms with van der Waals surface area (Å²) >= 11 is 0. The van der Waals surface area contributed by atoms with Crippen LogP contribution in [0.2, 0.25) is 6.82 Å². The first-order valence-electron chi connectivity index (χ1n) is 2.03. The van der Waals surface area contributed by atoms with Crippen LogP contribution in [-0.2, 0) is 0 Å². The van der Waals surface area contributed by atoms with Gasteiger partial charge in [-0.3, -0.25) is 0 Å². The SMILES string of the molecule is CB(CO)CO. The van der Waals surface area contributed by atoms with Gasteiger partial charge in [0.15, 0.2) is 6.71 Å². The van der Waals surface area contributed by atoms with Gasteiger partial charge in [0.1, 0.15) is 0 Å². The van der Waals surface area contributed by atoms with Crippen molar-refractivity contribution in [1.29, 1.82) is 0 Å². The first-order valence-corrected chi connectivity index (χ1v) is 2.03. The summed E-state index contributed by atoms with van der Waals surface area (Å²) in [7, 11) is 0. The van der Waals surface area contributed by atoms with Gasteiger partial charge in [0, 0.05) is 13.0 Å². The second kappa shape index (κ2) is 3.19. The van der Waals surface area contributed by atoms with Crippen molar-refractivity contribution < 1.29 is 10.2 Å². The number of hydrogen-bond donors (Lipinski definition) is 2. The van der Waals surface area contributed by atoms with E-state index >= 15 is 0 Å². The molecule has 0 atom stereocenters. The van der Waals surface area contributed by atoms with Crippen LogP contribution in [0.15, 0.2) is 0 Å². The smallest absolute Gasteiger partial charge is 0.198 e. The molecule has 0 bridgehead atoms. The van der Waals surface area contributed by atoms with E-state index in [0.29, 0.717) is 0 Å². The van der Waals surface area contributed by atoms with Crippen LogP contribution in [0.1, 0.15) is 0 Å². The predicted octanol–water partition coefficient (Wildman–Crippen LogP) is -0.826. The summed E-state index contributed by atoms with van der Waals surface area (Å²) in [5, 5.41) is 16.3. The van der Waals surface area contributed by atoms with Crippen molar-refractivity contribution in [3.8, 4) is 0 Å². The molecule has 0 radical (unpaired) electrons. The molecule has 0 aliphatic rings. The number of aliphatic hydroxyl groups is 2. The van der Waals surface area contributed by atoms with Gasteiger partial charge in [-0.05, 0) is 0 Å². The molecule has 0 aliphatic heterocycles. The fraction of sp³-hybridized carbons (Fsp3) is 1.00. The molecule has 0 rings (SSSR count). The second-order valence-electron chi connectivity index (χ2n) is 1.47. The Morgan fingerprint density at radius 3 is 1.67 bits per heavy atom. The van der Waals surface area contributed by atoms with Crippen LogP contribution in [0.25, 0.3) is 0 Å². The van der Waals surface area contributed by atoms with Gasteiger partial charge in [0.25, 0.3) is 0 Å². The Morgan fingerprint density at radius 1 is 1.33 bits per heavy atom. The zero-order chi connectivity index (χ0) is 4.99. The van der Waals surface area contributed by atoms with Crippen LogP contribution in [0.5, 0.6) is 0 Å². The highest BCUT2D eigenvalue weighted by molar-refractivity contribution is 6.56. The van der Waals surface area contributed by atoms with E-state index in [2.05, 4.69) is 0 Å². The van der Waals surface area contributed by atoms with E-state index in [1.54, 1.807) is 6.82 Å². The van der Waals surface area contributed by atoms with Gasteiger partial charge in [-0.1, -0.05) is 6.82 Å². The predicted molar refractivity (Wildman–Crippen MR) is 25.8 cm³/mol. The molecule has 0 spiro atoms. The number of aliphatic hydroxyl groups excluding tert-OH is 2. The molecule has 0 saturated carbocycles. The van der Waals surface area contributed by atoms with Crippen LogP contribution < -0.4 is 0 Å². The molecule has 0 aliphatic carbocycles. The molecule has 36 valence electrons. The average Bonchev–Trinajstić information content (AvgIpc) is 1.65. The lowest BCUT2D eigenvalue weighted by molar-refractivity contribution is 0.330.